The Balaban J connectivity index is 0.00000144. The van der Waals surface area contributed by atoms with E-state index in [2.05, 4.69) is 48.6 Å². The summed E-state index contributed by atoms with van der Waals surface area (Å²) < 4.78 is 0. The van der Waals surface area contributed by atoms with Crippen LogP contribution in [0.4, 0.5) is 0 Å². The Hall–Kier alpha value is -0.786. The second-order valence-electron chi connectivity index (χ2n) is 5.60. The summed E-state index contributed by atoms with van der Waals surface area (Å²) in [6.07, 6.45) is 5.26. The fourth-order valence-electron chi connectivity index (χ4n) is 3.21. The van der Waals surface area contributed by atoms with Crippen LogP contribution in [0.3, 0.4) is 0 Å². The van der Waals surface area contributed by atoms with E-state index < -0.39 is 0 Å². The summed E-state index contributed by atoms with van der Waals surface area (Å²) in [4.78, 5) is 0. The van der Waals surface area contributed by atoms with Gasteiger partial charge in [0.15, 0.2) is 0 Å². The summed E-state index contributed by atoms with van der Waals surface area (Å²) in [5.41, 5.74) is 7.35. The van der Waals surface area contributed by atoms with Crippen LogP contribution in [0.1, 0.15) is 39.4 Å². The van der Waals surface area contributed by atoms with Crippen LogP contribution in [0, 0.1) is 0 Å². The van der Waals surface area contributed by atoms with E-state index in [1.807, 2.05) is 12.1 Å². The SMILES string of the molecule is ClC1C(CC2=Cc3ccccc3C2Cl)=Cc2ccccc21.[Ti]. The van der Waals surface area contributed by atoms with Crippen LogP contribution in [0.5, 0.6) is 0 Å². The molecule has 2 unspecified atom stereocenters. The second-order valence-corrected chi connectivity index (χ2v) is 6.47. The van der Waals surface area contributed by atoms with E-state index in [-0.39, 0.29) is 32.5 Å². The fourth-order valence-corrected chi connectivity index (χ4v) is 3.89. The molecule has 0 radical (unpaired) electrons. The molecule has 22 heavy (non-hydrogen) atoms. The van der Waals surface area contributed by atoms with E-state index in [1.54, 1.807) is 0 Å². The first kappa shape index (κ1) is 16.1. The van der Waals surface area contributed by atoms with Crippen LogP contribution in [0.2, 0.25) is 0 Å². The van der Waals surface area contributed by atoms with Crippen molar-refractivity contribution in [2.45, 2.75) is 17.2 Å². The van der Waals surface area contributed by atoms with Gasteiger partial charge in [-0.05, 0) is 39.8 Å². The molecule has 0 aliphatic heterocycles. The van der Waals surface area contributed by atoms with Crippen LogP contribution in [-0.4, -0.2) is 0 Å². The van der Waals surface area contributed by atoms with Crippen molar-refractivity contribution in [1.82, 2.24) is 0 Å². The van der Waals surface area contributed by atoms with Crippen molar-refractivity contribution in [2.24, 2.45) is 0 Å². The van der Waals surface area contributed by atoms with Crippen molar-refractivity contribution in [2.75, 3.05) is 0 Å². The van der Waals surface area contributed by atoms with Crippen molar-refractivity contribution < 1.29 is 21.7 Å². The molecule has 2 aromatic rings. The third-order valence-corrected chi connectivity index (χ3v) is 5.31. The van der Waals surface area contributed by atoms with Gasteiger partial charge < -0.3 is 0 Å². The molecule has 2 aromatic carbocycles. The zero-order chi connectivity index (χ0) is 14.4. The number of hydrogen-bond donors (Lipinski definition) is 0. The average molecular weight is 361 g/mol. The van der Waals surface area contributed by atoms with Crippen LogP contribution < -0.4 is 0 Å². The summed E-state index contributed by atoms with van der Waals surface area (Å²) in [7, 11) is 0. The largest absolute Gasteiger partial charge is 0.113 e. The van der Waals surface area contributed by atoms with Crippen molar-refractivity contribution >= 4 is 35.4 Å². The van der Waals surface area contributed by atoms with Crippen molar-refractivity contribution in [1.29, 1.82) is 0 Å². The van der Waals surface area contributed by atoms with E-state index in [1.165, 1.54) is 33.4 Å². The van der Waals surface area contributed by atoms with Gasteiger partial charge in [0.05, 0.1) is 10.8 Å². The standard InChI is InChI=1S/C19H14Cl2.Ti/c20-18-14(9-12-5-1-3-7-16(12)18)11-15-10-13-6-2-4-8-17(13)19(15)21;/h1-10,18-19H,11H2;. The summed E-state index contributed by atoms with van der Waals surface area (Å²) in [5.74, 6) is 0. The average Bonchev–Trinajstić information content (AvgIpc) is 2.99. The quantitative estimate of drug-likeness (QED) is 0.446. The molecule has 4 rings (SSSR count). The summed E-state index contributed by atoms with van der Waals surface area (Å²) in [6.45, 7) is 0. The van der Waals surface area contributed by atoms with E-state index in [0.717, 1.165) is 6.42 Å². The number of halogens is 2. The molecule has 0 saturated carbocycles. The Morgan fingerprint density at radius 3 is 1.50 bits per heavy atom. The molecule has 2 aliphatic carbocycles. The number of benzene rings is 2. The van der Waals surface area contributed by atoms with Gasteiger partial charge in [-0.15, -0.1) is 23.2 Å². The van der Waals surface area contributed by atoms with E-state index >= 15 is 0 Å². The molecule has 0 nitrogen and oxygen atoms in total. The molecule has 108 valence electrons. The molecule has 2 aliphatic rings. The predicted octanol–water partition coefficient (Wildman–Crippen LogP) is 6.13. The number of allylic oxidation sites excluding steroid dienone is 2. The second kappa shape index (κ2) is 6.38. The zero-order valence-electron chi connectivity index (χ0n) is 11.9. The van der Waals surface area contributed by atoms with Crippen LogP contribution in [0.15, 0.2) is 59.7 Å². The normalized spacial score (nSPS) is 21.5. The summed E-state index contributed by atoms with van der Waals surface area (Å²) in [6, 6.07) is 16.6. The van der Waals surface area contributed by atoms with Crippen molar-refractivity contribution in [3.8, 4) is 0 Å². The Kier molecular flexibility index (Phi) is 4.66. The molecule has 2 atom stereocenters. The molecule has 0 heterocycles. The van der Waals surface area contributed by atoms with Gasteiger partial charge in [0.25, 0.3) is 0 Å². The van der Waals surface area contributed by atoms with Gasteiger partial charge in [-0.2, -0.15) is 0 Å². The topological polar surface area (TPSA) is 0 Å². The van der Waals surface area contributed by atoms with Gasteiger partial charge in [0.1, 0.15) is 0 Å². The third kappa shape index (κ3) is 2.63. The molecule has 0 saturated heterocycles. The number of rotatable bonds is 2. The number of alkyl halides is 2. The molecule has 0 amide bonds. The fraction of sp³-hybridized carbons (Fsp3) is 0.158. The maximum absolute atomic E-state index is 6.61. The Labute approximate surface area is 155 Å². The van der Waals surface area contributed by atoms with Gasteiger partial charge in [-0.1, -0.05) is 60.7 Å². The number of fused-ring (bicyclic) bond motifs is 2. The van der Waals surface area contributed by atoms with Crippen LogP contribution in [0.25, 0.3) is 12.2 Å². The third-order valence-electron chi connectivity index (χ3n) is 4.28. The summed E-state index contributed by atoms with van der Waals surface area (Å²) >= 11 is 13.2. The molecule has 0 N–H and O–H groups in total. The minimum atomic E-state index is -0.0327. The maximum Gasteiger partial charge on any atom is 0.0807 e. The minimum Gasteiger partial charge on any atom is -0.113 e. The van der Waals surface area contributed by atoms with Crippen LogP contribution >= 0.6 is 23.2 Å². The Bertz CT molecular complexity index is 711. The monoisotopic (exact) mass is 360 g/mol. The molecule has 3 heteroatoms. The minimum absolute atomic E-state index is 0. The molecule has 0 bridgehead atoms. The Morgan fingerprint density at radius 2 is 1.09 bits per heavy atom. The van der Waals surface area contributed by atoms with Crippen molar-refractivity contribution in [3.05, 3.63) is 81.9 Å². The summed E-state index contributed by atoms with van der Waals surface area (Å²) in [5, 5.41) is -0.0654. The van der Waals surface area contributed by atoms with E-state index in [9.17, 15) is 0 Å². The van der Waals surface area contributed by atoms with E-state index in [0.29, 0.717) is 0 Å². The van der Waals surface area contributed by atoms with Crippen LogP contribution in [-0.2, 0) is 21.7 Å². The smallest absolute Gasteiger partial charge is 0.0807 e. The first-order valence-electron chi connectivity index (χ1n) is 7.11. The molecule has 0 aromatic heterocycles. The molecule has 0 fully saturated rings. The van der Waals surface area contributed by atoms with Gasteiger partial charge in [0, 0.05) is 21.7 Å². The number of hydrogen-bond acceptors (Lipinski definition) is 0. The molecular weight excluding hydrogens is 347 g/mol. The van der Waals surface area contributed by atoms with Gasteiger partial charge in [-0.25, -0.2) is 0 Å². The first-order valence-corrected chi connectivity index (χ1v) is 7.98. The maximum atomic E-state index is 6.61. The predicted molar refractivity (Wildman–Crippen MR) is 90.6 cm³/mol. The van der Waals surface area contributed by atoms with Gasteiger partial charge in [-0.3, -0.25) is 0 Å². The molecule has 0 spiro atoms. The van der Waals surface area contributed by atoms with Gasteiger partial charge >= 0.3 is 0 Å². The van der Waals surface area contributed by atoms with Crippen molar-refractivity contribution in [3.63, 3.8) is 0 Å². The Morgan fingerprint density at radius 1 is 0.682 bits per heavy atom. The van der Waals surface area contributed by atoms with Gasteiger partial charge in [0.2, 0.25) is 0 Å². The van der Waals surface area contributed by atoms with E-state index in [4.69, 9.17) is 23.2 Å². The first-order chi connectivity index (χ1) is 10.2. The molecular formula is C19H14Cl2Ti. The zero-order valence-corrected chi connectivity index (χ0v) is 15.0.